The predicted octanol–water partition coefficient (Wildman–Crippen LogP) is 3.50. The van der Waals surface area contributed by atoms with Crippen LogP contribution in [0.15, 0.2) is 54.6 Å². The minimum Gasteiger partial charge on any atom is -0.353 e. The van der Waals surface area contributed by atoms with Gasteiger partial charge in [-0.1, -0.05) is 42.5 Å². The van der Waals surface area contributed by atoms with Gasteiger partial charge < -0.3 is 10.2 Å². The first-order valence-corrected chi connectivity index (χ1v) is 9.95. The molecule has 28 heavy (non-hydrogen) atoms. The van der Waals surface area contributed by atoms with E-state index in [4.69, 9.17) is 0 Å². The summed E-state index contributed by atoms with van der Waals surface area (Å²) < 4.78 is 13.2. The molecule has 0 aliphatic carbocycles. The summed E-state index contributed by atoms with van der Waals surface area (Å²) in [6.45, 7) is 1.32. The number of piperidine rings is 1. The van der Waals surface area contributed by atoms with Crippen LogP contribution in [0.1, 0.15) is 36.8 Å². The number of rotatable bonds is 7. The second-order valence-electron chi connectivity index (χ2n) is 7.34. The highest BCUT2D eigenvalue weighted by molar-refractivity contribution is 5.77. The van der Waals surface area contributed by atoms with Crippen molar-refractivity contribution in [1.29, 1.82) is 0 Å². The monoisotopic (exact) mass is 382 g/mol. The second-order valence-corrected chi connectivity index (χ2v) is 7.34. The maximum atomic E-state index is 13.2. The van der Waals surface area contributed by atoms with Gasteiger partial charge in [0, 0.05) is 32.0 Å². The van der Waals surface area contributed by atoms with Crippen molar-refractivity contribution in [3.8, 4) is 0 Å². The van der Waals surface area contributed by atoms with Gasteiger partial charge in [-0.05, 0) is 48.9 Å². The maximum absolute atomic E-state index is 13.2. The number of hydrogen-bond donors (Lipinski definition) is 1. The largest absolute Gasteiger partial charge is 0.353 e. The van der Waals surface area contributed by atoms with E-state index in [1.165, 1.54) is 12.1 Å². The predicted molar refractivity (Wildman–Crippen MR) is 107 cm³/mol. The van der Waals surface area contributed by atoms with Crippen LogP contribution in [0.5, 0.6) is 0 Å². The van der Waals surface area contributed by atoms with Gasteiger partial charge in [-0.2, -0.15) is 0 Å². The minimum atomic E-state index is -0.270. The molecule has 0 saturated carbocycles. The zero-order valence-corrected chi connectivity index (χ0v) is 16.1. The molecule has 0 unspecified atom stereocenters. The van der Waals surface area contributed by atoms with Crippen molar-refractivity contribution in [3.05, 3.63) is 71.5 Å². The average Bonchev–Trinajstić information content (AvgIpc) is 2.72. The second kappa shape index (κ2) is 10.0. The summed E-state index contributed by atoms with van der Waals surface area (Å²) in [5.41, 5.74) is 2.00. The van der Waals surface area contributed by atoms with Crippen molar-refractivity contribution in [1.82, 2.24) is 10.2 Å². The fourth-order valence-corrected chi connectivity index (χ4v) is 3.58. The minimum absolute atomic E-state index is 0.0692. The molecule has 1 aliphatic heterocycles. The number of nitrogens with one attached hydrogen (secondary N) is 1. The number of nitrogens with zero attached hydrogens (tertiary/aromatic N) is 1. The number of carbonyl (C=O) groups excluding carboxylic acids is 2. The van der Waals surface area contributed by atoms with Crippen LogP contribution in [0.2, 0.25) is 0 Å². The standard InChI is InChI=1S/C23H27FN2O2/c24-20-8-4-7-19(17-20)10-12-23(28)26-15-13-21(14-16-26)25-22(27)11-9-18-5-2-1-3-6-18/h1-8,17,21H,9-16H2,(H,25,27). The van der Waals surface area contributed by atoms with Crippen LogP contribution in [-0.2, 0) is 22.4 Å². The van der Waals surface area contributed by atoms with Crippen LogP contribution in [0.4, 0.5) is 4.39 Å². The Bertz CT molecular complexity index is 786. The van der Waals surface area contributed by atoms with Gasteiger partial charge in [0.2, 0.25) is 11.8 Å². The molecule has 3 rings (SSSR count). The lowest BCUT2D eigenvalue weighted by molar-refractivity contribution is -0.132. The van der Waals surface area contributed by atoms with E-state index >= 15 is 0 Å². The Labute approximate surface area is 165 Å². The number of benzene rings is 2. The molecular formula is C23H27FN2O2. The van der Waals surface area contributed by atoms with Crippen molar-refractivity contribution < 1.29 is 14.0 Å². The summed E-state index contributed by atoms with van der Waals surface area (Å²) in [5, 5.41) is 3.09. The van der Waals surface area contributed by atoms with Crippen molar-refractivity contribution in [2.75, 3.05) is 13.1 Å². The molecule has 2 aromatic rings. The van der Waals surface area contributed by atoms with E-state index in [1.54, 1.807) is 6.07 Å². The van der Waals surface area contributed by atoms with Gasteiger partial charge >= 0.3 is 0 Å². The van der Waals surface area contributed by atoms with E-state index in [0.717, 1.165) is 30.4 Å². The van der Waals surface area contributed by atoms with Crippen LogP contribution in [0.3, 0.4) is 0 Å². The molecule has 1 heterocycles. The first-order valence-electron chi connectivity index (χ1n) is 9.95. The summed E-state index contributed by atoms with van der Waals surface area (Å²) in [6.07, 6.45) is 3.72. The number of carbonyl (C=O) groups is 2. The topological polar surface area (TPSA) is 49.4 Å². The third kappa shape index (κ3) is 6.19. The lowest BCUT2D eigenvalue weighted by Gasteiger charge is -2.32. The Morgan fingerprint density at radius 3 is 2.32 bits per heavy atom. The molecule has 0 atom stereocenters. The quantitative estimate of drug-likeness (QED) is 0.797. The highest BCUT2D eigenvalue weighted by Gasteiger charge is 2.23. The molecular weight excluding hydrogens is 355 g/mol. The molecule has 2 aromatic carbocycles. The van der Waals surface area contributed by atoms with Gasteiger partial charge in [0.15, 0.2) is 0 Å². The third-order valence-corrected chi connectivity index (χ3v) is 5.21. The van der Waals surface area contributed by atoms with Gasteiger partial charge in [-0.25, -0.2) is 4.39 Å². The Kier molecular flexibility index (Phi) is 7.18. The number of amides is 2. The molecule has 1 N–H and O–H groups in total. The summed E-state index contributed by atoms with van der Waals surface area (Å²) in [6, 6.07) is 16.5. The number of halogens is 1. The van der Waals surface area contributed by atoms with Crippen LogP contribution < -0.4 is 5.32 Å². The molecule has 2 amide bonds. The fraction of sp³-hybridized carbons (Fsp3) is 0.391. The first-order chi connectivity index (χ1) is 13.6. The van der Waals surface area contributed by atoms with Gasteiger partial charge in [0.25, 0.3) is 0 Å². The summed E-state index contributed by atoms with van der Waals surface area (Å²) >= 11 is 0. The zero-order chi connectivity index (χ0) is 19.8. The Hall–Kier alpha value is -2.69. The fourth-order valence-electron chi connectivity index (χ4n) is 3.58. The van der Waals surface area contributed by atoms with E-state index in [-0.39, 0.29) is 23.7 Å². The number of likely N-dealkylation sites (tertiary alicyclic amines) is 1. The molecule has 1 fully saturated rings. The van der Waals surface area contributed by atoms with Gasteiger partial charge in [-0.3, -0.25) is 9.59 Å². The highest BCUT2D eigenvalue weighted by atomic mass is 19.1. The maximum Gasteiger partial charge on any atom is 0.222 e. The molecule has 0 spiro atoms. The normalized spacial score (nSPS) is 14.7. The average molecular weight is 382 g/mol. The summed E-state index contributed by atoms with van der Waals surface area (Å²) in [4.78, 5) is 26.4. The van der Waals surface area contributed by atoms with E-state index in [1.807, 2.05) is 41.3 Å². The van der Waals surface area contributed by atoms with Crippen molar-refractivity contribution >= 4 is 11.8 Å². The first kappa shape index (κ1) is 20.1. The number of hydrogen-bond acceptors (Lipinski definition) is 2. The zero-order valence-electron chi connectivity index (χ0n) is 16.1. The molecule has 1 aliphatic rings. The highest BCUT2D eigenvalue weighted by Crippen LogP contribution is 2.14. The Balaban J connectivity index is 1.35. The molecule has 1 saturated heterocycles. The molecule has 0 aromatic heterocycles. The van der Waals surface area contributed by atoms with E-state index in [9.17, 15) is 14.0 Å². The van der Waals surface area contributed by atoms with Gasteiger partial charge in [0.1, 0.15) is 5.82 Å². The van der Waals surface area contributed by atoms with Gasteiger partial charge in [0.05, 0.1) is 0 Å². The summed E-state index contributed by atoms with van der Waals surface area (Å²) in [7, 11) is 0. The summed E-state index contributed by atoms with van der Waals surface area (Å²) in [5.74, 6) is -0.105. The molecule has 0 bridgehead atoms. The smallest absolute Gasteiger partial charge is 0.222 e. The van der Waals surface area contributed by atoms with Crippen LogP contribution in [0.25, 0.3) is 0 Å². The van der Waals surface area contributed by atoms with Gasteiger partial charge in [-0.15, -0.1) is 0 Å². The lowest BCUT2D eigenvalue weighted by atomic mass is 10.0. The van der Waals surface area contributed by atoms with Crippen molar-refractivity contribution in [2.45, 2.75) is 44.6 Å². The van der Waals surface area contributed by atoms with Crippen LogP contribution in [0, 0.1) is 5.82 Å². The lowest BCUT2D eigenvalue weighted by Crippen LogP contribution is -2.46. The molecule has 4 nitrogen and oxygen atoms in total. The molecule has 148 valence electrons. The van der Waals surface area contributed by atoms with E-state index < -0.39 is 0 Å². The third-order valence-electron chi connectivity index (χ3n) is 5.21. The van der Waals surface area contributed by atoms with E-state index in [0.29, 0.717) is 32.4 Å². The molecule has 5 heteroatoms. The van der Waals surface area contributed by atoms with Crippen molar-refractivity contribution in [3.63, 3.8) is 0 Å². The molecule has 0 radical (unpaired) electrons. The SMILES string of the molecule is O=C(CCc1ccccc1)NC1CCN(C(=O)CCc2cccc(F)c2)CC1. The van der Waals surface area contributed by atoms with E-state index in [2.05, 4.69) is 5.32 Å². The van der Waals surface area contributed by atoms with Crippen LogP contribution in [-0.4, -0.2) is 35.8 Å². The Morgan fingerprint density at radius 1 is 0.929 bits per heavy atom. The van der Waals surface area contributed by atoms with Crippen molar-refractivity contribution in [2.24, 2.45) is 0 Å². The van der Waals surface area contributed by atoms with Crippen LogP contribution >= 0.6 is 0 Å². The Morgan fingerprint density at radius 2 is 1.61 bits per heavy atom. The number of aryl methyl sites for hydroxylation is 2.